The minimum Gasteiger partial charge on any atom is -0.481 e. The summed E-state index contributed by atoms with van der Waals surface area (Å²) in [6, 6.07) is 8.00. The summed E-state index contributed by atoms with van der Waals surface area (Å²) < 4.78 is 5.55. The molecule has 2 rings (SSSR count). The number of hydrogen-bond donors (Lipinski definition) is 1. The second-order valence-electron chi connectivity index (χ2n) is 5.92. The summed E-state index contributed by atoms with van der Waals surface area (Å²) in [5.74, 6) is 0.123. The zero-order valence-electron chi connectivity index (χ0n) is 12.2. The van der Waals surface area contributed by atoms with E-state index < -0.39 is 5.97 Å². The van der Waals surface area contributed by atoms with Gasteiger partial charge in [-0.25, -0.2) is 4.98 Å². The van der Waals surface area contributed by atoms with Crippen LogP contribution < -0.4 is 0 Å². The number of rotatable bonds is 3. The highest BCUT2D eigenvalue weighted by molar-refractivity contribution is 5.70. The van der Waals surface area contributed by atoms with Gasteiger partial charge in [-0.3, -0.25) is 4.79 Å². The lowest BCUT2D eigenvalue weighted by Gasteiger charge is -2.18. The zero-order chi connectivity index (χ0) is 14.9. The van der Waals surface area contributed by atoms with Gasteiger partial charge < -0.3 is 9.52 Å². The first-order valence-corrected chi connectivity index (χ1v) is 6.56. The van der Waals surface area contributed by atoms with E-state index in [0.29, 0.717) is 17.3 Å². The number of aromatic nitrogens is 1. The molecule has 0 saturated heterocycles. The third-order valence-electron chi connectivity index (χ3n) is 3.21. The number of benzene rings is 1. The van der Waals surface area contributed by atoms with E-state index in [0.717, 1.165) is 5.56 Å². The second-order valence-corrected chi connectivity index (χ2v) is 5.92. The van der Waals surface area contributed by atoms with E-state index in [2.05, 4.69) is 25.8 Å². The third kappa shape index (κ3) is 3.07. The Labute approximate surface area is 118 Å². The van der Waals surface area contributed by atoms with Crippen molar-refractivity contribution in [2.75, 3.05) is 0 Å². The van der Waals surface area contributed by atoms with Crippen LogP contribution in [0.5, 0.6) is 0 Å². The Balaban J connectivity index is 2.30. The van der Waals surface area contributed by atoms with Crippen molar-refractivity contribution < 1.29 is 14.3 Å². The Kier molecular flexibility index (Phi) is 3.66. The topological polar surface area (TPSA) is 63.3 Å². The molecule has 1 aromatic carbocycles. The standard InChI is InChI=1S/C16H19NO3/c1-10-13(9-14(18)19)17-15(20-10)11-5-7-12(8-6-11)16(2,3)4/h5-8H,9H2,1-4H3,(H,18,19). The van der Waals surface area contributed by atoms with Crippen molar-refractivity contribution in [3.8, 4) is 11.5 Å². The van der Waals surface area contributed by atoms with Crippen LogP contribution in [0.4, 0.5) is 0 Å². The van der Waals surface area contributed by atoms with Crippen LogP contribution in [-0.2, 0) is 16.6 Å². The summed E-state index contributed by atoms with van der Waals surface area (Å²) in [6.07, 6.45) is -0.116. The lowest BCUT2D eigenvalue weighted by atomic mass is 9.87. The smallest absolute Gasteiger partial charge is 0.309 e. The Morgan fingerprint density at radius 3 is 2.35 bits per heavy atom. The van der Waals surface area contributed by atoms with Crippen molar-refractivity contribution in [2.24, 2.45) is 0 Å². The van der Waals surface area contributed by atoms with Gasteiger partial charge in [-0.1, -0.05) is 32.9 Å². The monoisotopic (exact) mass is 273 g/mol. The molecule has 2 aromatic rings. The van der Waals surface area contributed by atoms with Crippen molar-refractivity contribution >= 4 is 5.97 Å². The zero-order valence-corrected chi connectivity index (χ0v) is 12.2. The van der Waals surface area contributed by atoms with E-state index in [-0.39, 0.29) is 11.8 Å². The summed E-state index contributed by atoms with van der Waals surface area (Å²) >= 11 is 0. The van der Waals surface area contributed by atoms with Gasteiger partial charge in [-0.05, 0) is 30.0 Å². The van der Waals surface area contributed by atoms with Crippen LogP contribution >= 0.6 is 0 Å². The summed E-state index contributed by atoms with van der Waals surface area (Å²) in [6.45, 7) is 8.20. The maximum atomic E-state index is 10.7. The summed E-state index contributed by atoms with van der Waals surface area (Å²) in [5, 5.41) is 8.82. The van der Waals surface area contributed by atoms with Crippen molar-refractivity contribution in [3.63, 3.8) is 0 Å². The molecular formula is C16H19NO3. The summed E-state index contributed by atoms with van der Waals surface area (Å²) in [7, 11) is 0. The fraction of sp³-hybridized carbons (Fsp3) is 0.375. The first-order chi connectivity index (χ1) is 9.27. The van der Waals surface area contributed by atoms with Gasteiger partial charge in [0, 0.05) is 5.56 Å². The number of nitrogens with zero attached hydrogens (tertiary/aromatic N) is 1. The van der Waals surface area contributed by atoms with Crippen molar-refractivity contribution in [1.82, 2.24) is 4.98 Å². The normalized spacial score (nSPS) is 11.6. The van der Waals surface area contributed by atoms with Gasteiger partial charge >= 0.3 is 5.97 Å². The van der Waals surface area contributed by atoms with Crippen LogP contribution in [0, 0.1) is 6.92 Å². The quantitative estimate of drug-likeness (QED) is 0.928. The molecule has 20 heavy (non-hydrogen) atoms. The number of oxazole rings is 1. The van der Waals surface area contributed by atoms with E-state index in [1.54, 1.807) is 6.92 Å². The van der Waals surface area contributed by atoms with Crippen molar-refractivity contribution in [3.05, 3.63) is 41.3 Å². The predicted octanol–water partition coefficient (Wildman–Crippen LogP) is 3.57. The molecular weight excluding hydrogens is 254 g/mol. The first kappa shape index (κ1) is 14.3. The number of carboxylic acid groups (broad SMARTS) is 1. The molecule has 0 spiro atoms. The molecule has 106 valence electrons. The Bertz CT molecular complexity index is 618. The van der Waals surface area contributed by atoms with Gasteiger partial charge in [0.05, 0.1) is 12.1 Å². The molecule has 0 bridgehead atoms. The van der Waals surface area contributed by atoms with Gasteiger partial charge in [0.1, 0.15) is 5.76 Å². The number of aliphatic carboxylic acids is 1. The predicted molar refractivity (Wildman–Crippen MR) is 76.7 cm³/mol. The van der Waals surface area contributed by atoms with Crippen LogP contribution in [0.2, 0.25) is 0 Å². The molecule has 0 amide bonds. The average molecular weight is 273 g/mol. The third-order valence-corrected chi connectivity index (χ3v) is 3.21. The van der Waals surface area contributed by atoms with E-state index in [4.69, 9.17) is 9.52 Å². The van der Waals surface area contributed by atoms with Crippen LogP contribution in [0.1, 0.15) is 37.8 Å². The van der Waals surface area contributed by atoms with Crippen molar-refractivity contribution in [1.29, 1.82) is 0 Å². The molecule has 0 aliphatic carbocycles. The molecule has 0 saturated carbocycles. The molecule has 1 N–H and O–H groups in total. The van der Waals surface area contributed by atoms with Crippen LogP contribution in [0.3, 0.4) is 0 Å². The first-order valence-electron chi connectivity index (χ1n) is 6.56. The maximum absolute atomic E-state index is 10.7. The fourth-order valence-corrected chi connectivity index (χ4v) is 1.97. The van der Waals surface area contributed by atoms with Gasteiger partial charge in [0.15, 0.2) is 0 Å². The van der Waals surface area contributed by atoms with Crippen LogP contribution in [0.25, 0.3) is 11.5 Å². The Hall–Kier alpha value is -2.10. The van der Waals surface area contributed by atoms with Gasteiger partial charge in [0.25, 0.3) is 0 Å². The molecule has 0 atom stereocenters. The summed E-state index contributed by atoms with van der Waals surface area (Å²) in [4.78, 5) is 15.0. The fourth-order valence-electron chi connectivity index (χ4n) is 1.97. The van der Waals surface area contributed by atoms with E-state index in [1.807, 2.05) is 24.3 Å². The molecule has 4 nitrogen and oxygen atoms in total. The number of carbonyl (C=O) groups is 1. The molecule has 0 aliphatic heterocycles. The highest BCUT2D eigenvalue weighted by Gasteiger charge is 2.16. The van der Waals surface area contributed by atoms with Crippen LogP contribution in [0.15, 0.2) is 28.7 Å². The molecule has 0 unspecified atom stereocenters. The highest BCUT2D eigenvalue weighted by Crippen LogP contribution is 2.27. The molecule has 1 heterocycles. The molecule has 0 fully saturated rings. The maximum Gasteiger partial charge on any atom is 0.309 e. The van der Waals surface area contributed by atoms with Crippen molar-refractivity contribution in [2.45, 2.75) is 39.5 Å². The number of aryl methyl sites for hydroxylation is 1. The lowest BCUT2D eigenvalue weighted by molar-refractivity contribution is -0.136. The number of carboxylic acids is 1. The van der Waals surface area contributed by atoms with Gasteiger partial charge in [-0.15, -0.1) is 0 Å². The Morgan fingerprint density at radius 2 is 1.85 bits per heavy atom. The van der Waals surface area contributed by atoms with E-state index in [9.17, 15) is 4.79 Å². The minimum absolute atomic E-state index is 0.0967. The molecule has 0 aliphatic rings. The molecule has 0 radical (unpaired) electrons. The molecule has 4 heteroatoms. The van der Waals surface area contributed by atoms with Crippen LogP contribution in [-0.4, -0.2) is 16.1 Å². The lowest BCUT2D eigenvalue weighted by Crippen LogP contribution is -2.10. The Morgan fingerprint density at radius 1 is 1.25 bits per heavy atom. The van der Waals surface area contributed by atoms with E-state index in [1.165, 1.54) is 5.56 Å². The second kappa shape index (κ2) is 5.12. The summed E-state index contributed by atoms with van der Waals surface area (Å²) in [5.41, 5.74) is 2.67. The van der Waals surface area contributed by atoms with Gasteiger partial charge in [0.2, 0.25) is 5.89 Å². The van der Waals surface area contributed by atoms with E-state index >= 15 is 0 Å². The largest absolute Gasteiger partial charge is 0.481 e. The van der Waals surface area contributed by atoms with Gasteiger partial charge in [-0.2, -0.15) is 0 Å². The minimum atomic E-state index is -0.906. The highest BCUT2D eigenvalue weighted by atomic mass is 16.4. The average Bonchev–Trinajstić information content (AvgIpc) is 2.69. The molecule has 1 aromatic heterocycles. The number of hydrogen-bond acceptors (Lipinski definition) is 3. The SMILES string of the molecule is Cc1oc(-c2ccc(C(C)(C)C)cc2)nc1CC(=O)O.